The molecule has 25 heavy (non-hydrogen) atoms. The first-order valence-corrected chi connectivity index (χ1v) is 8.67. The van der Waals surface area contributed by atoms with Crippen LogP contribution in [0, 0.1) is 0 Å². The lowest BCUT2D eigenvalue weighted by atomic mass is 10.00. The summed E-state index contributed by atoms with van der Waals surface area (Å²) in [7, 11) is 0. The van der Waals surface area contributed by atoms with Crippen LogP contribution in [-0.2, 0) is 4.74 Å². The topological polar surface area (TPSA) is 54.5 Å². The third kappa shape index (κ3) is 4.50. The number of ether oxygens (including phenoxy) is 1. The van der Waals surface area contributed by atoms with Crippen molar-refractivity contribution in [3.63, 3.8) is 0 Å². The highest BCUT2D eigenvalue weighted by Gasteiger charge is 2.31. The minimum Gasteiger partial charge on any atom is -0.372 e. The molecule has 2 aromatic rings. The number of carbonyl (C=O) groups is 1. The molecule has 132 valence electrons. The number of nitrogens with zero attached hydrogens (tertiary/aromatic N) is 2. The van der Waals surface area contributed by atoms with E-state index in [1.807, 2.05) is 50.2 Å². The van der Waals surface area contributed by atoms with Crippen LogP contribution in [0.5, 0.6) is 0 Å². The number of nitrogens with one attached hydrogen (secondary N) is 1. The molecular weight excluding hydrogens is 338 g/mol. The Morgan fingerprint density at radius 2 is 1.84 bits per heavy atom. The smallest absolute Gasteiger partial charge is 0.318 e. The number of hydrogen-bond donors (Lipinski definition) is 1. The molecule has 1 aromatic heterocycles. The summed E-state index contributed by atoms with van der Waals surface area (Å²) in [5, 5.41) is 3.80. The monoisotopic (exact) mass is 359 g/mol. The van der Waals surface area contributed by atoms with E-state index in [4.69, 9.17) is 16.3 Å². The van der Waals surface area contributed by atoms with Crippen LogP contribution in [0.2, 0.25) is 5.02 Å². The average molecular weight is 360 g/mol. The standard InChI is InChI=1S/C19H22ClN3O2/c1-19(2)13-23(11-12-25-19)18(24)22-17(15-7-9-21-10-8-15)14-3-5-16(20)6-4-14/h3-10,17H,11-13H2,1-2H3,(H,22,24)/t17-/m1/s1. The summed E-state index contributed by atoms with van der Waals surface area (Å²) in [5.74, 6) is 0. The molecule has 0 spiro atoms. The van der Waals surface area contributed by atoms with Crippen LogP contribution >= 0.6 is 11.6 Å². The zero-order chi connectivity index (χ0) is 17.9. The molecule has 6 heteroatoms. The molecule has 1 saturated heterocycles. The van der Waals surface area contributed by atoms with Gasteiger partial charge in [0, 0.05) is 24.0 Å². The molecule has 2 amide bonds. The van der Waals surface area contributed by atoms with Crippen molar-refractivity contribution in [2.75, 3.05) is 19.7 Å². The fourth-order valence-corrected chi connectivity index (χ4v) is 3.10. The maximum atomic E-state index is 12.8. The highest BCUT2D eigenvalue weighted by Crippen LogP contribution is 2.24. The minimum atomic E-state index is -0.331. The van der Waals surface area contributed by atoms with E-state index >= 15 is 0 Å². The van der Waals surface area contributed by atoms with Gasteiger partial charge in [-0.1, -0.05) is 23.7 Å². The van der Waals surface area contributed by atoms with E-state index in [0.29, 0.717) is 24.7 Å². The van der Waals surface area contributed by atoms with Gasteiger partial charge in [-0.3, -0.25) is 4.98 Å². The van der Waals surface area contributed by atoms with Gasteiger partial charge in [0.1, 0.15) is 0 Å². The zero-order valence-corrected chi connectivity index (χ0v) is 15.2. The second-order valence-electron chi connectivity index (χ2n) is 6.74. The summed E-state index contributed by atoms with van der Waals surface area (Å²) in [6, 6.07) is 11.0. The average Bonchev–Trinajstić information content (AvgIpc) is 2.60. The molecule has 1 N–H and O–H groups in total. The molecule has 5 nitrogen and oxygen atoms in total. The molecule has 1 fully saturated rings. The van der Waals surface area contributed by atoms with Crippen molar-refractivity contribution in [3.8, 4) is 0 Å². The number of carbonyl (C=O) groups excluding carboxylic acids is 1. The molecular formula is C19H22ClN3O2. The second-order valence-corrected chi connectivity index (χ2v) is 7.18. The molecule has 1 atom stereocenters. The summed E-state index contributed by atoms with van der Waals surface area (Å²) in [4.78, 5) is 18.7. The molecule has 3 rings (SSSR count). The Kier molecular flexibility index (Phi) is 5.25. The number of urea groups is 1. The van der Waals surface area contributed by atoms with Gasteiger partial charge in [-0.25, -0.2) is 4.79 Å². The van der Waals surface area contributed by atoms with Crippen molar-refractivity contribution in [1.29, 1.82) is 0 Å². The predicted octanol–water partition coefficient (Wildman–Crippen LogP) is 3.64. The SMILES string of the molecule is CC1(C)CN(C(=O)N[C@@H](c2ccncc2)c2ccc(Cl)cc2)CCO1. The number of hydrogen-bond acceptors (Lipinski definition) is 3. The summed E-state index contributed by atoms with van der Waals surface area (Å²) in [6.45, 7) is 5.67. The summed E-state index contributed by atoms with van der Waals surface area (Å²) >= 11 is 6.00. The van der Waals surface area contributed by atoms with Crippen LogP contribution in [0.15, 0.2) is 48.8 Å². The van der Waals surface area contributed by atoms with Gasteiger partial charge in [0.2, 0.25) is 0 Å². The Bertz CT molecular complexity index is 719. The first kappa shape index (κ1) is 17.7. The lowest BCUT2D eigenvalue weighted by molar-refractivity contribution is -0.0734. The Hall–Kier alpha value is -2.11. The molecule has 1 aromatic carbocycles. The van der Waals surface area contributed by atoms with Crippen LogP contribution in [0.3, 0.4) is 0 Å². The third-order valence-electron chi connectivity index (χ3n) is 4.22. The minimum absolute atomic E-state index is 0.104. The highest BCUT2D eigenvalue weighted by atomic mass is 35.5. The Morgan fingerprint density at radius 3 is 2.48 bits per heavy atom. The maximum absolute atomic E-state index is 12.8. The normalized spacial score (nSPS) is 17.8. The van der Waals surface area contributed by atoms with Gasteiger partial charge in [-0.05, 0) is 49.2 Å². The molecule has 0 bridgehead atoms. The molecule has 1 aliphatic heterocycles. The second kappa shape index (κ2) is 7.42. The Balaban J connectivity index is 1.82. The van der Waals surface area contributed by atoms with Gasteiger partial charge in [0.25, 0.3) is 0 Å². The molecule has 0 unspecified atom stereocenters. The van der Waals surface area contributed by atoms with Gasteiger partial charge in [-0.2, -0.15) is 0 Å². The number of benzene rings is 1. The number of rotatable bonds is 3. The molecule has 0 radical (unpaired) electrons. The number of pyridine rings is 1. The fraction of sp³-hybridized carbons (Fsp3) is 0.368. The summed E-state index contributed by atoms with van der Waals surface area (Å²) < 4.78 is 5.69. The van der Waals surface area contributed by atoms with E-state index in [2.05, 4.69) is 10.3 Å². The maximum Gasteiger partial charge on any atom is 0.318 e. The van der Waals surface area contributed by atoms with Crippen molar-refractivity contribution < 1.29 is 9.53 Å². The third-order valence-corrected chi connectivity index (χ3v) is 4.48. The van der Waals surface area contributed by atoms with Crippen LogP contribution in [0.1, 0.15) is 31.0 Å². The number of halogens is 1. The fourth-order valence-electron chi connectivity index (χ4n) is 2.97. The lowest BCUT2D eigenvalue weighted by Crippen LogP contribution is -2.54. The van der Waals surface area contributed by atoms with Gasteiger partial charge in [-0.15, -0.1) is 0 Å². The van der Waals surface area contributed by atoms with E-state index in [0.717, 1.165) is 11.1 Å². The van der Waals surface area contributed by atoms with Crippen molar-refractivity contribution in [1.82, 2.24) is 15.2 Å². The predicted molar refractivity (Wildman–Crippen MR) is 97.7 cm³/mol. The molecule has 0 aliphatic carbocycles. The first-order valence-electron chi connectivity index (χ1n) is 8.29. The highest BCUT2D eigenvalue weighted by molar-refractivity contribution is 6.30. The Labute approximate surface area is 153 Å². The quantitative estimate of drug-likeness (QED) is 0.910. The van der Waals surface area contributed by atoms with Crippen molar-refractivity contribution in [2.24, 2.45) is 0 Å². The molecule has 2 heterocycles. The van der Waals surface area contributed by atoms with Crippen molar-refractivity contribution in [3.05, 3.63) is 64.9 Å². The first-order chi connectivity index (χ1) is 11.9. The zero-order valence-electron chi connectivity index (χ0n) is 14.4. The largest absolute Gasteiger partial charge is 0.372 e. The van der Waals surface area contributed by atoms with Crippen molar-refractivity contribution in [2.45, 2.75) is 25.5 Å². The van der Waals surface area contributed by atoms with E-state index < -0.39 is 0 Å². The van der Waals surface area contributed by atoms with E-state index in [1.165, 1.54) is 0 Å². The molecule has 1 aliphatic rings. The number of amides is 2. The van der Waals surface area contributed by atoms with Crippen LogP contribution < -0.4 is 5.32 Å². The summed E-state index contributed by atoms with van der Waals surface area (Å²) in [5.41, 5.74) is 1.61. The van der Waals surface area contributed by atoms with Gasteiger partial charge in [0.05, 0.1) is 24.8 Å². The van der Waals surface area contributed by atoms with Crippen LogP contribution in [-0.4, -0.2) is 41.2 Å². The van der Waals surface area contributed by atoms with E-state index in [-0.39, 0.29) is 17.7 Å². The van der Waals surface area contributed by atoms with Gasteiger partial charge < -0.3 is 15.0 Å². The van der Waals surface area contributed by atoms with Crippen molar-refractivity contribution >= 4 is 17.6 Å². The van der Waals surface area contributed by atoms with Crippen LogP contribution in [0.4, 0.5) is 4.79 Å². The summed E-state index contributed by atoms with van der Waals surface area (Å²) in [6.07, 6.45) is 3.45. The van der Waals surface area contributed by atoms with E-state index in [9.17, 15) is 4.79 Å². The number of morpholine rings is 1. The lowest BCUT2D eigenvalue weighted by Gasteiger charge is -2.38. The van der Waals surface area contributed by atoms with E-state index in [1.54, 1.807) is 17.3 Å². The molecule has 0 saturated carbocycles. The van der Waals surface area contributed by atoms with Gasteiger partial charge in [0.15, 0.2) is 0 Å². The van der Waals surface area contributed by atoms with Crippen LogP contribution in [0.25, 0.3) is 0 Å². The van der Waals surface area contributed by atoms with Gasteiger partial charge >= 0.3 is 6.03 Å². The number of aromatic nitrogens is 1. The Morgan fingerprint density at radius 1 is 1.20 bits per heavy atom.